The van der Waals surface area contributed by atoms with Crippen LogP contribution >= 0.6 is 22.6 Å². The maximum absolute atomic E-state index is 5.96. The van der Waals surface area contributed by atoms with Crippen LogP contribution in [0.15, 0.2) is 30.6 Å². The van der Waals surface area contributed by atoms with Crippen LogP contribution in [0.1, 0.15) is 12.5 Å². The third kappa shape index (κ3) is 5.32. The summed E-state index contributed by atoms with van der Waals surface area (Å²) in [6.45, 7) is 13.7. The summed E-state index contributed by atoms with van der Waals surface area (Å²) in [5.41, 5.74) is 2.32. The van der Waals surface area contributed by atoms with Crippen molar-refractivity contribution in [2.45, 2.75) is 45.4 Å². The molecule has 31 heavy (non-hydrogen) atoms. The van der Waals surface area contributed by atoms with E-state index in [1.54, 1.807) is 0 Å². The molecule has 168 valence electrons. The molecule has 1 atom stereocenters. The van der Waals surface area contributed by atoms with E-state index in [0.29, 0.717) is 12.8 Å². The summed E-state index contributed by atoms with van der Waals surface area (Å²) in [5.74, 6) is 2.05. The van der Waals surface area contributed by atoms with E-state index in [9.17, 15) is 0 Å². The van der Waals surface area contributed by atoms with Crippen molar-refractivity contribution in [1.29, 1.82) is 0 Å². The van der Waals surface area contributed by atoms with Gasteiger partial charge in [0.15, 0.2) is 0 Å². The topological polar surface area (TPSA) is 55.7 Å². The molecule has 7 nitrogen and oxygen atoms in total. The lowest BCUT2D eigenvalue weighted by Crippen LogP contribution is -2.44. The highest BCUT2D eigenvalue weighted by molar-refractivity contribution is 14.1. The molecule has 4 rings (SSSR count). The molecule has 0 aromatic carbocycles. The SMILES string of the molecule is C[C@@H]1COCCN1c1cc2c(cn1)N(c1ccnn1COCC[Si](C)(C)C)CC=C2I. The number of hydrogen-bond acceptors (Lipinski definition) is 6. The first-order valence-corrected chi connectivity index (χ1v) is 15.7. The minimum absolute atomic E-state index is 0.329. The van der Waals surface area contributed by atoms with E-state index in [2.05, 4.69) is 82.3 Å². The largest absolute Gasteiger partial charge is 0.377 e. The van der Waals surface area contributed by atoms with Crippen molar-refractivity contribution in [3.8, 4) is 0 Å². The summed E-state index contributed by atoms with van der Waals surface area (Å²) in [7, 11) is -1.10. The van der Waals surface area contributed by atoms with Gasteiger partial charge in [-0.3, -0.25) is 0 Å². The van der Waals surface area contributed by atoms with Crippen LogP contribution in [0.4, 0.5) is 17.3 Å². The lowest BCUT2D eigenvalue weighted by atomic mass is 10.1. The maximum Gasteiger partial charge on any atom is 0.141 e. The Balaban J connectivity index is 1.54. The van der Waals surface area contributed by atoms with Gasteiger partial charge in [-0.05, 0) is 41.6 Å². The van der Waals surface area contributed by atoms with E-state index in [4.69, 9.17) is 14.5 Å². The predicted octanol–water partition coefficient (Wildman–Crippen LogP) is 4.74. The number of aromatic nitrogens is 3. The Labute approximate surface area is 199 Å². The first kappa shape index (κ1) is 22.7. The number of morpholine rings is 1. The Hall–Kier alpha value is -1.43. The van der Waals surface area contributed by atoms with E-state index in [1.165, 1.54) is 9.14 Å². The molecule has 0 radical (unpaired) electrons. The number of ether oxygens (including phenoxy) is 2. The van der Waals surface area contributed by atoms with Crippen LogP contribution in [-0.2, 0) is 16.2 Å². The van der Waals surface area contributed by atoms with Crippen LogP contribution in [0.2, 0.25) is 25.7 Å². The number of nitrogens with zero attached hydrogens (tertiary/aromatic N) is 5. The second-order valence-corrected chi connectivity index (χ2v) is 16.2. The molecule has 1 saturated heterocycles. The third-order valence-electron chi connectivity index (χ3n) is 5.71. The van der Waals surface area contributed by atoms with E-state index < -0.39 is 8.07 Å². The molecule has 1 fully saturated rings. The van der Waals surface area contributed by atoms with Crippen molar-refractivity contribution >= 4 is 51.6 Å². The van der Waals surface area contributed by atoms with E-state index in [-0.39, 0.29) is 0 Å². The smallest absolute Gasteiger partial charge is 0.141 e. The fourth-order valence-corrected chi connectivity index (χ4v) is 5.23. The highest BCUT2D eigenvalue weighted by atomic mass is 127. The number of halogens is 1. The average Bonchev–Trinajstić information content (AvgIpc) is 3.19. The quantitative estimate of drug-likeness (QED) is 0.281. The van der Waals surface area contributed by atoms with Crippen LogP contribution in [-0.4, -0.2) is 61.8 Å². The molecule has 2 aliphatic heterocycles. The number of fused-ring (bicyclic) bond motifs is 1. The Bertz CT molecular complexity index is 942. The first-order chi connectivity index (χ1) is 14.8. The van der Waals surface area contributed by atoms with Gasteiger partial charge in [-0.2, -0.15) is 5.10 Å². The van der Waals surface area contributed by atoms with Crippen molar-refractivity contribution in [1.82, 2.24) is 14.8 Å². The molecule has 0 N–H and O–H groups in total. The van der Waals surface area contributed by atoms with Crippen molar-refractivity contribution in [2.24, 2.45) is 0 Å². The molecular formula is C22H32IN5O2Si. The van der Waals surface area contributed by atoms with Crippen molar-refractivity contribution in [2.75, 3.05) is 42.7 Å². The number of hydrogen-bond donors (Lipinski definition) is 0. The highest BCUT2D eigenvalue weighted by Crippen LogP contribution is 2.40. The van der Waals surface area contributed by atoms with Crippen LogP contribution in [0.25, 0.3) is 3.58 Å². The Morgan fingerprint density at radius 2 is 2.16 bits per heavy atom. The molecule has 0 bridgehead atoms. The first-order valence-electron chi connectivity index (χ1n) is 10.9. The molecule has 2 aliphatic rings. The molecule has 4 heterocycles. The minimum atomic E-state index is -1.10. The Morgan fingerprint density at radius 3 is 2.94 bits per heavy atom. The van der Waals surface area contributed by atoms with Crippen LogP contribution in [0.3, 0.4) is 0 Å². The van der Waals surface area contributed by atoms with Gasteiger partial charge in [-0.25, -0.2) is 9.67 Å². The molecule has 2 aromatic heterocycles. The second kappa shape index (κ2) is 9.59. The molecule has 0 unspecified atom stereocenters. The molecule has 0 spiro atoms. The zero-order chi connectivity index (χ0) is 22.0. The minimum Gasteiger partial charge on any atom is -0.377 e. The second-order valence-electron chi connectivity index (χ2n) is 9.38. The van der Waals surface area contributed by atoms with Gasteiger partial charge in [-0.15, -0.1) is 0 Å². The Morgan fingerprint density at radius 1 is 1.32 bits per heavy atom. The molecular weight excluding hydrogens is 521 g/mol. The molecule has 0 amide bonds. The normalized spacial score (nSPS) is 19.4. The van der Waals surface area contributed by atoms with Crippen LogP contribution in [0.5, 0.6) is 0 Å². The van der Waals surface area contributed by atoms with Crippen molar-refractivity contribution < 1.29 is 9.47 Å². The number of anilines is 3. The van der Waals surface area contributed by atoms with Gasteiger partial charge >= 0.3 is 0 Å². The van der Waals surface area contributed by atoms with Gasteiger partial charge in [-0.1, -0.05) is 25.7 Å². The van der Waals surface area contributed by atoms with E-state index >= 15 is 0 Å². The zero-order valence-electron chi connectivity index (χ0n) is 18.8. The monoisotopic (exact) mass is 553 g/mol. The number of rotatable bonds is 7. The van der Waals surface area contributed by atoms with Gasteiger partial charge < -0.3 is 19.3 Å². The lowest BCUT2D eigenvalue weighted by Gasteiger charge is -2.35. The van der Waals surface area contributed by atoms with E-state index in [1.807, 2.05) is 17.1 Å². The van der Waals surface area contributed by atoms with Gasteiger partial charge in [0.2, 0.25) is 0 Å². The standard InChI is InChI=1S/C22H32IN5O2Si/c1-17-15-29-10-9-26(17)21-13-18-19(23)6-8-27(20(18)14-24-21)22-5-7-25-28(22)16-30-11-12-31(2,3)4/h5-7,13-14,17H,8-12,15-16H2,1-4H3/t17-/m1/s1. The lowest BCUT2D eigenvalue weighted by molar-refractivity contribution is 0.0796. The highest BCUT2D eigenvalue weighted by Gasteiger charge is 2.26. The summed E-state index contributed by atoms with van der Waals surface area (Å²) in [5, 5.41) is 4.51. The van der Waals surface area contributed by atoms with Crippen molar-refractivity contribution in [3.63, 3.8) is 0 Å². The van der Waals surface area contributed by atoms with Crippen molar-refractivity contribution in [3.05, 3.63) is 36.2 Å². The van der Waals surface area contributed by atoms with Gasteiger partial charge in [0.05, 0.1) is 37.3 Å². The summed E-state index contributed by atoms with van der Waals surface area (Å²) in [6, 6.07) is 5.75. The summed E-state index contributed by atoms with van der Waals surface area (Å²) < 4.78 is 14.8. The zero-order valence-corrected chi connectivity index (χ0v) is 22.0. The molecule has 2 aromatic rings. The Kier molecular flexibility index (Phi) is 7.04. The molecule has 0 aliphatic carbocycles. The van der Waals surface area contributed by atoms with E-state index in [0.717, 1.165) is 56.3 Å². The predicted molar refractivity (Wildman–Crippen MR) is 137 cm³/mol. The number of pyridine rings is 1. The average molecular weight is 554 g/mol. The maximum atomic E-state index is 5.96. The third-order valence-corrected chi connectivity index (χ3v) is 8.44. The van der Waals surface area contributed by atoms with Gasteiger partial charge in [0.25, 0.3) is 0 Å². The fraction of sp³-hybridized carbons (Fsp3) is 0.545. The van der Waals surface area contributed by atoms with Crippen LogP contribution < -0.4 is 9.80 Å². The fourth-order valence-electron chi connectivity index (χ4n) is 3.85. The summed E-state index contributed by atoms with van der Waals surface area (Å²) in [6.07, 6.45) is 6.11. The van der Waals surface area contributed by atoms with Gasteiger partial charge in [0.1, 0.15) is 18.4 Å². The summed E-state index contributed by atoms with van der Waals surface area (Å²) >= 11 is 2.43. The molecule has 9 heteroatoms. The summed E-state index contributed by atoms with van der Waals surface area (Å²) in [4.78, 5) is 9.44. The van der Waals surface area contributed by atoms with Gasteiger partial charge in [0, 0.05) is 43.0 Å². The van der Waals surface area contributed by atoms with Crippen LogP contribution in [0, 0.1) is 0 Å². The molecule has 0 saturated carbocycles.